The molecule has 0 spiro atoms. The Labute approximate surface area is 144 Å². The summed E-state index contributed by atoms with van der Waals surface area (Å²) in [6.45, 7) is 12.4. The van der Waals surface area contributed by atoms with Crippen LogP contribution in [0.1, 0.15) is 53.2 Å². The molecule has 1 saturated heterocycles. The van der Waals surface area contributed by atoms with Gasteiger partial charge in [-0.1, -0.05) is 46.0 Å². The van der Waals surface area contributed by atoms with Crippen LogP contribution in [0, 0.1) is 0 Å². The Balaban J connectivity index is 1.88. The van der Waals surface area contributed by atoms with Crippen LogP contribution in [0.4, 0.5) is 5.13 Å². The fraction of sp³-hybridized carbons (Fsp3) is 0.750. The predicted octanol–water partition coefficient (Wildman–Crippen LogP) is 3.22. The average molecular weight is 355 g/mol. The highest BCUT2D eigenvalue weighted by atomic mass is 32.2. The SMILES string of the molecule is CCC1(CC)CN(c2nn3cc(C(C)(C)C)nc3s2)CCS1=O. The lowest BCUT2D eigenvalue weighted by Crippen LogP contribution is -2.53. The van der Waals surface area contributed by atoms with Gasteiger partial charge in [0.1, 0.15) is 0 Å². The molecular weight excluding hydrogens is 328 g/mol. The summed E-state index contributed by atoms with van der Waals surface area (Å²) in [4.78, 5) is 7.96. The van der Waals surface area contributed by atoms with Gasteiger partial charge in [0.2, 0.25) is 10.1 Å². The lowest BCUT2D eigenvalue weighted by Gasteiger charge is -2.40. The molecule has 128 valence electrons. The predicted molar refractivity (Wildman–Crippen MR) is 98.1 cm³/mol. The number of nitrogens with zero attached hydrogens (tertiary/aromatic N) is 4. The zero-order valence-corrected chi connectivity index (χ0v) is 16.3. The molecule has 1 unspecified atom stereocenters. The Morgan fingerprint density at radius 3 is 2.61 bits per heavy atom. The molecule has 1 aliphatic rings. The van der Waals surface area contributed by atoms with Crippen molar-refractivity contribution in [2.75, 3.05) is 23.7 Å². The van der Waals surface area contributed by atoms with Crippen LogP contribution in [-0.2, 0) is 16.2 Å². The van der Waals surface area contributed by atoms with Gasteiger partial charge in [0.05, 0.1) is 16.6 Å². The van der Waals surface area contributed by atoms with Gasteiger partial charge in [-0.2, -0.15) is 0 Å². The topological polar surface area (TPSA) is 50.5 Å². The molecule has 0 N–H and O–H groups in total. The molecule has 23 heavy (non-hydrogen) atoms. The zero-order chi connectivity index (χ0) is 16.8. The van der Waals surface area contributed by atoms with Crippen LogP contribution >= 0.6 is 11.3 Å². The first kappa shape index (κ1) is 16.9. The van der Waals surface area contributed by atoms with Crippen molar-refractivity contribution in [3.8, 4) is 0 Å². The molecule has 0 aliphatic carbocycles. The lowest BCUT2D eigenvalue weighted by molar-refractivity contribution is 0.495. The van der Waals surface area contributed by atoms with Crippen molar-refractivity contribution in [2.45, 2.75) is 57.6 Å². The van der Waals surface area contributed by atoms with Gasteiger partial charge in [-0.3, -0.25) is 4.21 Å². The van der Waals surface area contributed by atoms with Gasteiger partial charge < -0.3 is 4.90 Å². The van der Waals surface area contributed by atoms with Gasteiger partial charge in [0.25, 0.3) is 0 Å². The van der Waals surface area contributed by atoms with Crippen molar-refractivity contribution in [3.05, 3.63) is 11.9 Å². The second-order valence-electron chi connectivity index (χ2n) is 7.35. The number of hydrogen-bond donors (Lipinski definition) is 0. The molecule has 0 radical (unpaired) electrons. The molecule has 1 aliphatic heterocycles. The smallest absolute Gasteiger partial charge is 0.214 e. The molecule has 3 heterocycles. The first-order valence-electron chi connectivity index (χ1n) is 8.29. The van der Waals surface area contributed by atoms with E-state index >= 15 is 0 Å². The average Bonchev–Trinajstić information content (AvgIpc) is 3.06. The maximum Gasteiger partial charge on any atom is 0.214 e. The van der Waals surface area contributed by atoms with E-state index in [1.54, 1.807) is 11.3 Å². The summed E-state index contributed by atoms with van der Waals surface area (Å²) in [6.07, 6.45) is 3.93. The van der Waals surface area contributed by atoms with E-state index < -0.39 is 10.8 Å². The third-order valence-corrected chi connectivity index (χ3v) is 8.08. The summed E-state index contributed by atoms with van der Waals surface area (Å²) >= 11 is 1.63. The van der Waals surface area contributed by atoms with Gasteiger partial charge in [0, 0.05) is 35.1 Å². The summed E-state index contributed by atoms with van der Waals surface area (Å²) in [6, 6.07) is 0. The molecular formula is C16H26N4OS2. The highest BCUT2D eigenvalue weighted by Gasteiger charge is 2.39. The minimum atomic E-state index is -0.742. The third-order valence-electron chi connectivity index (χ3n) is 4.87. The highest BCUT2D eigenvalue weighted by Crippen LogP contribution is 2.33. The van der Waals surface area contributed by atoms with E-state index in [9.17, 15) is 4.21 Å². The summed E-state index contributed by atoms with van der Waals surface area (Å²) in [5.41, 5.74) is 1.11. The first-order valence-corrected chi connectivity index (χ1v) is 10.4. The molecule has 1 fully saturated rings. The van der Waals surface area contributed by atoms with E-state index in [2.05, 4.69) is 39.5 Å². The Bertz CT molecular complexity index is 693. The fourth-order valence-electron chi connectivity index (χ4n) is 3.05. The van der Waals surface area contributed by atoms with Crippen molar-refractivity contribution in [1.82, 2.24) is 14.6 Å². The van der Waals surface area contributed by atoms with E-state index in [1.165, 1.54) is 0 Å². The number of anilines is 1. The summed E-state index contributed by atoms with van der Waals surface area (Å²) in [5, 5.41) is 5.73. The van der Waals surface area contributed by atoms with Crippen LogP contribution in [-0.4, -0.2) is 42.4 Å². The van der Waals surface area contributed by atoms with E-state index in [1.807, 2.05) is 10.7 Å². The van der Waals surface area contributed by atoms with E-state index in [-0.39, 0.29) is 10.2 Å². The molecule has 0 saturated carbocycles. The monoisotopic (exact) mass is 354 g/mol. The molecule has 3 rings (SSSR count). The quantitative estimate of drug-likeness (QED) is 0.849. The van der Waals surface area contributed by atoms with Gasteiger partial charge in [0.15, 0.2) is 0 Å². The Morgan fingerprint density at radius 1 is 1.35 bits per heavy atom. The minimum absolute atomic E-state index is 0.0369. The van der Waals surface area contributed by atoms with E-state index in [0.717, 1.165) is 47.5 Å². The Hall–Kier alpha value is -0.950. The molecule has 0 amide bonds. The second-order valence-corrected chi connectivity index (χ2v) is 10.2. The van der Waals surface area contributed by atoms with Crippen LogP contribution in [0.25, 0.3) is 4.96 Å². The number of aromatic nitrogens is 3. The minimum Gasteiger partial charge on any atom is -0.344 e. The summed E-state index contributed by atoms with van der Waals surface area (Å²) in [7, 11) is -0.742. The van der Waals surface area contributed by atoms with Crippen molar-refractivity contribution < 1.29 is 4.21 Å². The van der Waals surface area contributed by atoms with Crippen molar-refractivity contribution >= 4 is 32.2 Å². The molecule has 1 atom stereocenters. The van der Waals surface area contributed by atoms with Gasteiger partial charge in [-0.05, 0) is 12.8 Å². The molecule has 0 bridgehead atoms. The van der Waals surface area contributed by atoms with Gasteiger partial charge in [-0.25, -0.2) is 9.50 Å². The normalized spacial score (nSPS) is 22.0. The number of rotatable bonds is 3. The van der Waals surface area contributed by atoms with Gasteiger partial charge >= 0.3 is 0 Å². The maximum absolute atomic E-state index is 12.5. The standard InChI is InChI=1S/C16H26N4OS2/c1-6-16(7-2)11-19(8-9-23(16)21)14-18-20-10-12(15(3,4)5)17-13(20)22-14/h10H,6-9,11H2,1-5H3. The van der Waals surface area contributed by atoms with Crippen LogP contribution in [0.2, 0.25) is 0 Å². The van der Waals surface area contributed by atoms with Crippen LogP contribution in [0.3, 0.4) is 0 Å². The Morgan fingerprint density at radius 2 is 2.04 bits per heavy atom. The second kappa shape index (κ2) is 5.84. The molecule has 7 heteroatoms. The largest absolute Gasteiger partial charge is 0.344 e. The van der Waals surface area contributed by atoms with Crippen molar-refractivity contribution in [3.63, 3.8) is 0 Å². The number of hydrogen-bond acceptors (Lipinski definition) is 5. The lowest BCUT2D eigenvalue weighted by atomic mass is 9.93. The summed E-state index contributed by atoms with van der Waals surface area (Å²) < 4.78 is 14.3. The fourth-order valence-corrected chi connectivity index (χ4v) is 5.72. The molecule has 0 aromatic carbocycles. The third kappa shape index (κ3) is 2.93. The first-order chi connectivity index (χ1) is 10.8. The Kier molecular flexibility index (Phi) is 4.29. The van der Waals surface area contributed by atoms with Crippen LogP contribution < -0.4 is 4.90 Å². The maximum atomic E-state index is 12.5. The molecule has 2 aromatic heterocycles. The zero-order valence-electron chi connectivity index (χ0n) is 14.6. The highest BCUT2D eigenvalue weighted by molar-refractivity contribution is 7.86. The van der Waals surface area contributed by atoms with Crippen molar-refractivity contribution in [2.24, 2.45) is 0 Å². The van der Waals surface area contributed by atoms with Gasteiger partial charge in [-0.15, -0.1) is 5.10 Å². The van der Waals surface area contributed by atoms with Crippen LogP contribution in [0.5, 0.6) is 0 Å². The molecule has 2 aromatic rings. The van der Waals surface area contributed by atoms with Crippen molar-refractivity contribution in [1.29, 1.82) is 0 Å². The van der Waals surface area contributed by atoms with Crippen LogP contribution in [0.15, 0.2) is 6.20 Å². The molecule has 5 nitrogen and oxygen atoms in total. The van der Waals surface area contributed by atoms with E-state index in [0.29, 0.717) is 0 Å². The van der Waals surface area contributed by atoms with E-state index in [4.69, 9.17) is 10.1 Å². The number of fused-ring (bicyclic) bond motifs is 1. The summed E-state index contributed by atoms with van der Waals surface area (Å²) in [5.74, 6) is 0.733. The number of imidazole rings is 1.